The molecule has 0 unspecified atom stereocenters. The van der Waals surface area contributed by atoms with Crippen molar-refractivity contribution in [2.24, 2.45) is 7.05 Å². The van der Waals surface area contributed by atoms with E-state index in [1.807, 2.05) is 30.3 Å². The lowest BCUT2D eigenvalue weighted by Crippen LogP contribution is -2.26. The van der Waals surface area contributed by atoms with Gasteiger partial charge in [-0.1, -0.05) is 12.8 Å². The number of aromatic nitrogens is 1. The van der Waals surface area contributed by atoms with E-state index in [-0.39, 0.29) is 12.0 Å². The van der Waals surface area contributed by atoms with Crippen LogP contribution in [0, 0.1) is 6.92 Å². The van der Waals surface area contributed by atoms with E-state index >= 15 is 0 Å². The molecule has 1 saturated heterocycles. The second kappa shape index (κ2) is 10.2. The lowest BCUT2D eigenvalue weighted by atomic mass is 10.1. The van der Waals surface area contributed by atoms with Gasteiger partial charge in [-0.15, -0.1) is 0 Å². The summed E-state index contributed by atoms with van der Waals surface area (Å²) in [7, 11) is 2.12. The van der Waals surface area contributed by atoms with Crippen molar-refractivity contribution in [2.45, 2.75) is 64.1 Å². The number of carbonyl (C=O) groups excluding carboxylic acids is 1. The van der Waals surface area contributed by atoms with E-state index in [2.05, 4.69) is 41.3 Å². The molecule has 2 fully saturated rings. The molecule has 6 nitrogen and oxygen atoms in total. The molecule has 180 valence electrons. The van der Waals surface area contributed by atoms with Crippen LogP contribution in [0.1, 0.15) is 60.1 Å². The number of nitrogens with one attached hydrogen (secondary N) is 2. The summed E-state index contributed by atoms with van der Waals surface area (Å²) < 4.78 is 13.7. The van der Waals surface area contributed by atoms with Crippen molar-refractivity contribution in [1.29, 1.82) is 0 Å². The molecule has 6 heteroatoms. The van der Waals surface area contributed by atoms with Crippen LogP contribution in [0.15, 0.2) is 42.5 Å². The van der Waals surface area contributed by atoms with Gasteiger partial charge in [0.15, 0.2) is 0 Å². The fraction of sp³-hybridized carbons (Fsp3) is 0.464. The number of nitrogens with zero attached hydrogens (tertiary/aromatic N) is 1. The second-order valence-corrected chi connectivity index (χ2v) is 9.65. The molecule has 1 aliphatic heterocycles. The van der Waals surface area contributed by atoms with Gasteiger partial charge in [-0.2, -0.15) is 0 Å². The van der Waals surface area contributed by atoms with E-state index in [1.165, 1.54) is 42.3 Å². The van der Waals surface area contributed by atoms with Gasteiger partial charge >= 0.3 is 0 Å². The number of anilines is 1. The Hall–Kier alpha value is -2.83. The van der Waals surface area contributed by atoms with Gasteiger partial charge in [0, 0.05) is 54.1 Å². The molecular formula is C28H35N3O3. The summed E-state index contributed by atoms with van der Waals surface area (Å²) in [6.07, 6.45) is 7.55. The molecule has 1 atom stereocenters. The molecule has 34 heavy (non-hydrogen) atoms. The van der Waals surface area contributed by atoms with Gasteiger partial charge in [-0.05, 0) is 80.6 Å². The molecule has 5 rings (SSSR count). The predicted molar refractivity (Wildman–Crippen MR) is 136 cm³/mol. The highest BCUT2D eigenvalue weighted by atomic mass is 16.5. The van der Waals surface area contributed by atoms with Crippen LogP contribution in [-0.4, -0.2) is 35.8 Å². The van der Waals surface area contributed by atoms with Crippen molar-refractivity contribution >= 4 is 22.5 Å². The molecule has 1 amide bonds. The summed E-state index contributed by atoms with van der Waals surface area (Å²) in [6.45, 7) is 4.33. The van der Waals surface area contributed by atoms with Crippen LogP contribution in [0.4, 0.5) is 5.69 Å². The van der Waals surface area contributed by atoms with Crippen molar-refractivity contribution in [2.75, 3.05) is 18.5 Å². The third-order valence-corrected chi connectivity index (χ3v) is 7.35. The van der Waals surface area contributed by atoms with Crippen molar-refractivity contribution in [1.82, 2.24) is 9.88 Å². The maximum absolute atomic E-state index is 12.9. The maximum Gasteiger partial charge on any atom is 0.255 e. The minimum atomic E-state index is -0.118. The van der Waals surface area contributed by atoms with Crippen LogP contribution in [-0.2, 0) is 18.3 Å². The summed E-state index contributed by atoms with van der Waals surface area (Å²) in [5, 5.41) is 7.99. The Morgan fingerprint density at radius 2 is 1.88 bits per heavy atom. The first-order chi connectivity index (χ1) is 16.6. The zero-order valence-electron chi connectivity index (χ0n) is 20.2. The number of hydrogen-bond acceptors (Lipinski definition) is 4. The average molecular weight is 462 g/mol. The van der Waals surface area contributed by atoms with Gasteiger partial charge in [0.05, 0.1) is 6.10 Å². The molecule has 2 heterocycles. The highest BCUT2D eigenvalue weighted by Crippen LogP contribution is 2.29. The maximum atomic E-state index is 12.9. The molecule has 2 N–H and O–H groups in total. The number of hydrogen-bond donors (Lipinski definition) is 2. The Balaban J connectivity index is 1.24. The quantitative estimate of drug-likeness (QED) is 0.476. The second-order valence-electron chi connectivity index (χ2n) is 9.65. The zero-order valence-corrected chi connectivity index (χ0v) is 20.2. The minimum absolute atomic E-state index is 0.118. The van der Waals surface area contributed by atoms with Crippen LogP contribution in [0.2, 0.25) is 0 Å². The monoisotopic (exact) mass is 461 g/mol. The summed E-state index contributed by atoms with van der Waals surface area (Å²) in [5.41, 5.74) is 5.00. The van der Waals surface area contributed by atoms with E-state index in [1.54, 1.807) is 0 Å². The molecule has 0 spiro atoms. The van der Waals surface area contributed by atoms with Crippen molar-refractivity contribution in [3.8, 4) is 5.75 Å². The molecule has 2 aromatic carbocycles. The van der Waals surface area contributed by atoms with E-state index in [4.69, 9.17) is 9.47 Å². The van der Waals surface area contributed by atoms with Crippen LogP contribution in [0.25, 0.3) is 10.9 Å². The van der Waals surface area contributed by atoms with Crippen LogP contribution in [0.5, 0.6) is 5.75 Å². The third kappa shape index (κ3) is 4.98. The Labute approximate surface area is 201 Å². The minimum Gasteiger partial charge on any atom is -0.491 e. The normalized spacial score (nSPS) is 18.6. The van der Waals surface area contributed by atoms with Crippen molar-refractivity contribution in [3.63, 3.8) is 0 Å². The van der Waals surface area contributed by atoms with Crippen LogP contribution >= 0.6 is 0 Å². The van der Waals surface area contributed by atoms with Crippen LogP contribution < -0.4 is 15.4 Å². The number of carbonyl (C=O) groups is 1. The Kier molecular flexibility index (Phi) is 6.88. The zero-order chi connectivity index (χ0) is 23.5. The first kappa shape index (κ1) is 22.9. The summed E-state index contributed by atoms with van der Waals surface area (Å²) in [4.78, 5) is 12.9. The van der Waals surface area contributed by atoms with Gasteiger partial charge in [0.1, 0.15) is 12.4 Å². The fourth-order valence-corrected chi connectivity index (χ4v) is 5.15. The molecule has 0 bridgehead atoms. The first-order valence-corrected chi connectivity index (χ1v) is 12.6. The van der Waals surface area contributed by atoms with Gasteiger partial charge in [-0.25, -0.2) is 0 Å². The fourth-order valence-electron chi connectivity index (χ4n) is 5.15. The number of amides is 1. The number of aryl methyl sites for hydroxylation is 2. The molecule has 0 radical (unpaired) electrons. The third-order valence-electron chi connectivity index (χ3n) is 7.35. The molecule has 1 aromatic heterocycles. The van der Waals surface area contributed by atoms with Crippen LogP contribution in [0.3, 0.4) is 0 Å². The van der Waals surface area contributed by atoms with Gasteiger partial charge in [0.2, 0.25) is 0 Å². The SMILES string of the molecule is Cc1c(NC(=O)c2ccc(OC[C@@H]3CCCO3)cc2)ccc2c1cc(CNC1CCCC1)n2C. The Morgan fingerprint density at radius 1 is 1.09 bits per heavy atom. The molecule has 2 aliphatic rings. The average Bonchev–Trinajstić information content (AvgIpc) is 3.61. The highest BCUT2D eigenvalue weighted by Gasteiger charge is 2.18. The van der Waals surface area contributed by atoms with E-state index in [0.717, 1.165) is 43.0 Å². The summed E-state index contributed by atoms with van der Waals surface area (Å²) in [5.74, 6) is 0.639. The topological polar surface area (TPSA) is 64.5 Å². The molecule has 3 aromatic rings. The smallest absolute Gasteiger partial charge is 0.255 e. The van der Waals surface area contributed by atoms with Crippen molar-refractivity contribution in [3.05, 3.63) is 59.3 Å². The van der Waals surface area contributed by atoms with E-state index < -0.39 is 0 Å². The molecule has 1 saturated carbocycles. The van der Waals surface area contributed by atoms with Gasteiger partial charge < -0.3 is 24.7 Å². The molecule has 1 aliphatic carbocycles. The van der Waals surface area contributed by atoms with E-state index in [0.29, 0.717) is 18.2 Å². The highest BCUT2D eigenvalue weighted by molar-refractivity contribution is 6.06. The Morgan fingerprint density at radius 3 is 2.62 bits per heavy atom. The van der Waals surface area contributed by atoms with E-state index in [9.17, 15) is 4.79 Å². The largest absolute Gasteiger partial charge is 0.491 e. The number of benzene rings is 2. The van der Waals surface area contributed by atoms with Crippen molar-refractivity contribution < 1.29 is 14.3 Å². The van der Waals surface area contributed by atoms with Gasteiger partial charge in [0.25, 0.3) is 5.91 Å². The summed E-state index contributed by atoms with van der Waals surface area (Å²) in [6, 6.07) is 14.3. The lowest BCUT2D eigenvalue weighted by Gasteiger charge is -2.13. The van der Waals surface area contributed by atoms with Gasteiger partial charge in [-0.3, -0.25) is 4.79 Å². The number of rotatable bonds is 8. The Bertz CT molecular complexity index is 1140. The number of fused-ring (bicyclic) bond motifs is 1. The standard InChI is InChI=1S/C28H35N3O3/c1-19-25-16-22(17-29-21-6-3-4-7-21)31(2)27(25)14-13-26(19)30-28(32)20-9-11-23(12-10-20)34-18-24-8-5-15-33-24/h9-14,16,21,24,29H,3-8,15,17-18H2,1-2H3,(H,30,32)/t24-/m0/s1. The first-order valence-electron chi connectivity index (χ1n) is 12.6. The lowest BCUT2D eigenvalue weighted by molar-refractivity contribution is 0.0679. The summed E-state index contributed by atoms with van der Waals surface area (Å²) >= 11 is 0. The number of ether oxygens (including phenoxy) is 2. The molecular weight excluding hydrogens is 426 g/mol. The predicted octanol–water partition coefficient (Wildman–Crippen LogP) is 5.33.